The van der Waals surface area contributed by atoms with Crippen LogP contribution in [0.15, 0.2) is 0 Å². The fourth-order valence-electron chi connectivity index (χ4n) is 11.6. The highest BCUT2D eigenvalue weighted by molar-refractivity contribution is 5.87. The Hall–Kier alpha value is -0.940. The third-order valence-corrected chi connectivity index (χ3v) is 14.4. The molecule has 0 aromatic rings. The zero-order chi connectivity index (χ0) is 26.0. The van der Waals surface area contributed by atoms with E-state index in [0.29, 0.717) is 24.2 Å². The average molecular weight is 487 g/mol. The molecule has 5 fully saturated rings. The fourth-order valence-corrected chi connectivity index (χ4v) is 11.6. The van der Waals surface area contributed by atoms with Gasteiger partial charge in [0.25, 0.3) is 0 Å². The quantitative estimate of drug-likeness (QED) is 0.475. The number of ketones is 1. The topological polar surface area (TPSA) is 106 Å². The molecule has 5 aliphatic rings. The second-order valence-corrected chi connectivity index (χ2v) is 15.2. The van der Waals surface area contributed by atoms with Gasteiger partial charge in [-0.15, -0.1) is 0 Å². The minimum Gasteiger partial charge on any atom is -0.481 e. The van der Waals surface area contributed by atoms with Gasteiger partial charge in [-0.1, -0.05) is 48.5 Å². The van der Waals surface area contributed by atoms with Gasteiger partial charge in [-0.2, -0.15) is 0 Å². The molecule has 0 aromatic heterocycles. The van der Waals surface area contributed by atoms with E-state index in [2.05, 4.69) is 48.5 Å². The molecule has 5 rings (SSSR count). The van der Waals surface area contributed by atoms with E-state index in [1.54, 1.807) is 0 Å². The first-order chi connectivity index (χ1) is 16.0. The molecule has 5 N–H and O–H groups in total. The van der Waals surface area contributed by atoms with Crippen molar-refractivity contribution in [3.63, 3.8) is 0 Å². The molecule has 35 heavy (non-hydrogen) atoms. The molecule has 0 bridgehead atoms. The molecule has 0 aliphatic heterocycles. The lowest BCUT2D eigenvalue weighted by molar-refractivity contribution is -0.252. The average Bonchev–Trinajstić information content (AvgIpc) is 3.18. The van der Waals surface area contributed by atoms with Gasteiger partial charge >= 0.3 is 5.97 Å². The van der Waals surface area contributed by atoms with E-state index >= 15 is 0 Å². The van der Waals surface area contributed by atoms with Gasteiger partial charge in [-0.3, -0.25) is 9.59 Å². The van der Waals surface area contributed by atoms with Crippen molar-refractivity contribution in [2.24, 2.45) is 62.2 Å². The van der Waals surface area contributed by atoms with Crippen LogP contribution in [0.2, 0.25) is 0 Å². The van der Waals surface area contributed by atoms with E-state index in [1.165, 1.54) is 0 Å². The molecule has 5 heteroatoms. The zero-order valence-corrected chi connectivity index (χ0v) is 23.3. The van der Waals surface area contributed by atoms with E-state index in [4.69, 9.17) is 11.5 Å². The SMILES string of the molecule is CC(C)C1CC[C@]2(C(=O)O)CC[C@]3(C)[C@H](CC[C@]4(N)[C@@]5(C)CCC(=O)C(C)(C)[C@]5(N)CC[C@]43C)C12. The van der Waals surface area contributed by atoms with Gasteiger partial charge in [-0.05, 0) is 92.3 Å². The molecule has 0 spiro atoms. The van der Waals surface area contributed by atoms with Crippen molar-refractivity contribution in [3.05, 3.63) is 0 Å². The van der Waals surface area contributed by atoms with Crippen LogP contribution in [0.25, 0.3) is 0 Å². The maximum atomic E-state index is 13.1. The Morgan fingerprint density at radius 3 is 2.11 bits per heavy atom. The second kappa shape index (κ2) is 7.12. The monoisotopic (exact) mass is 486 g/mol. The molecule has 0 heterocycles. The number of fused-ring (bicyclic) bond motifs is 7. The highest BCUT2D eigenvalue weighted by atomic mass is 16.4. The van der Waals surface area contributed by atoms with Crippen molar-refractivity contribution >= 4 is 11.8 Å². The van der Waals surface area contributed by atoms with Crippen LogP contribution in [0.4, 0.5) is 0 Å². The third-order valence-electron chi connectivity index (χ3n) is 14.4. The lowest BCUT2D eigenvalue weighted by Gasteiger charge is -2.78. The standard InChI is InChI=1S/C30H50N2O3/c1-18(2)19-8-12-28(23(34)35)16-14-25(5)20(22(19)28)9-13-30(32)26(25,6)15-17-29(31)24(3,4)21(33)10-11-27(29,30)7/h18-20,22H,8-17,31-32H2,1-7H3,(H,34,35)/t19?,20-,22?,25-,26+,27+,28+,29-,30-/m1/s1. The smallest absolute Gasteiger partial charge is 0.309 e. The molecular formula is C30H50N2O3. The van der Waals surface area contributed by atoms with Gasteiger partial charge in [0.1, 0.15) is 5.78 Å². The van der Waals surface area contributed by atoms with E-state index < -0.39 is 27.9 Å². The molecule has 5 aliphatic carbocycles. The summed E-state index contributed by atoms with van der Waals surface area (Å²) in [5, 5.41) is 10.6. The molecule has 5 nitrogen and oxygen atoms in total. The van der Waals surface area contributed by atoms with Crippen molar-refractivity contribution in [1.29, 1.82) is 0 Å². The number of carbonyl (C=O) groups is 2. The van der Waals surface area contributed by atoms with E-state index in [-0.39, 0.29) is 27.9 Å². The summed E-state index contributed by atoms with van der Waals surface area (Å²) in [5.74, 6) is 1.26. The van der Waals surface area contributed by atoms with Crippen LogP contribution < -0.4 is 11.5 Å². The van der Waals surface area contributed by atoms with Gasteiger partial charge in [0.15, 0.2) is 0 Å². The molecule has 0 radical (unpaired) electrons. The summed E-state index contributed by atoms with van der Waals surface area (Å²) in [6.07, 6.45) is 8.44. The number of carbonyl (C=O) groups excluding carboxylic acids is 1. The number of nitrogens with two attached hydrogens (primary N) is 2. The summed E-state index contributed by atoms with van der Waals surface area (Å²) in [7, 11) is 0. The van der Waals surface area contributed by atoms with Crippen molar-refractivity contribution in [2.75, 3.05) is 0 Å². The number of hydrogen-bond donors (Lipinski definition) is 3. The Bertz CT molecular complexity index is 961. The number of carboxylic acid groups (broad SMARTS) is 1. The molecule has 0 amide bonds. The highest BCUT2D eigenvalue weighted by Crippen LogP contribution is 2.78. The Morgan fingerprint density at radius 1 is 0.857 bits per heavy atom. The largest absolute Gasteiger partial charge is 0.481 e. The van der Waals surface area contributed by atoms with E-state index in [0.717, 1.165) is 57.8 Å². The normalized spacial score (nSPS) is 55.0. The molecular weight excluding hydrogens is 436 g/mol. The Labute approximate surface area is 212 Å². The summed E-state index contributed by atoms with van der Waals surface area (Å²) in [6.45, 7) is 15.9. The highest BCUT2D eigenvalue weighted by Gasteiger charge is 2.79. The molecule has 9 atom stereocenters. The lowest BCUT2D eigenvalue weighted by Crippen LogP contribution is -2.85. The van der Waals surface area contributed by atoms with Crippen LogP contribution in [0, 0.1) is 50.7 Å². The second-order valence-electron chi connectivity index (χ2n) is 15.2. The summed E-state index contributed by atoms with van der Waals surface area (Å²) < 4.78 is 0. The van der Waals surface area contributed by atoms with Crippen LogP contribution in [0.5, 0.6) is 0 Å². The third kappa shape index (κ3) is 2.54. The van der Waals surface area contributed by atoms with Crippen LogP contribution in [-0.2, 0) is 9.59 Å². The predicted octanol–water partition coefficient (Wildman–Crippen LogP) is 5.54. The fraction of sp³-hybridized carbons (Fsp3) is 0.933. The van der Waals surface area contributed by atoms with E-state index in [9.17, 15) is 14.7 Å². The summed E-state index contributed by atoms with van der Waals surface area (Å²) in [5.41, 5.74) is 12.3. The summed E-state index contributed by atoms with van der Waals surface area (Å²) in [4.78, 5) is 25.9. The van der Waals surface area contributed by atoms with Gasteiger partial charge in [0.2, 0.25) is 0 Å². The van der Waals surface area contributed by atoms with Crippen molar-refractivity contribution < 1.29 is 14.7 Å². The maximum absolute atomic E-state index is 13.1. The molecule has 198 valence electrons. The Morgan fingerprint density at radius 2 is 1.51 bits per heavy atom. The van der Waals surface area contributed by atoms with Crippen molar-refractivity contribution in [2.45, 2.75) is 124 Å². The first-order valence-electron chi connectivity index (χ1n) is 14.3. The summed E-state index contributed by atoms with van der Waals surface area (Å²) >= 11 is 0. The number of rotatable bonds is 2. The van der Waals surface area contributed by atoms with Gasteiger partial charge in [-0.25, -0.2) is 0 Å². The zero-order valence-electron chi connectivity index (χ0n) is 23.3. The van der Waals surface area contributed by atoms with Crippen LogP contribution >= 0.6 is 0 Å². The van der Waals surface area contributed by atoms with Gasteiger partial charge < -0.3 is 16.6 Å². The molecule has 5 saturated carbocycles. The minimum atomic E-state index is -0.625. The first kappa shape index (κ1) is 25.7. The Balaban J connectivity index is 1.64. The van der Waals surface area contributed by atoms with Crippen LogP contribution in [-0.4, -0.2) is 27.9 Å². The summed E-state index contributed by atoms with van der Waals surface area (Å²) in [6, 6.07) is 0. The van der Waals surface area contributed by atoms with Crippen molar-refractivity contribution in [3.8, 4) is 0 Å². The Kier molecular flexibility index (Phi) is 5.23. The minimum absolute atomic E-state index is 0.0307. The number of Topliss-reactive ketones (excluding diaryl/α,β-unsaturated/α-hetero) is 1. The maximum Gasteiger partial charge on any atom is 0.309 e. The molecule has 2 unspecified atom stereocenters. The number of carboxylic acids is 1. The van der Waals surface area contributed by atoms with Crippen LogP contribution in [0.1, 0.15) is 113 Å². The lowest BCUT2D eigenvalue weighted by atomic mass is 9.28. The predicted molar refractivity (Wildman–Crippen MR) is 138 cm³/mol. The van der Waals surface area contributed by atoms with Crippen LogP contribution in [0.3, 0.4) is 0 Å². The van der Waals surface area contributed by atoms with E-state index in [1.807, 2.05) is 0 Å². The van der Waals surface area contributed by atoms with Gasteiger partial charge in [0, 0.05) is 28.3 Å². The number of hydrogen-bond acceptors (Lipinski definition) is 4. The molecule has 0 aromatic carbocycles. The van der Waals surface area contributed by atoms with Crippen molar-refractivity contribution in [1.82, 2.24) is 0 Å². The number of aliphatic carboxylic acids is 1. The van der Waals surface area contributed by atoms with Gasteiger partial charge in [0.05, 0.1) is 5.41 Å². The molecule has 0 saturated heterocycles. The first-order valence-corrected chi connectivity index (χ1v) is 14.3.